The average molecular weight is 243 g/mol. The highest BCUT2D eigenvalue weighted by atomic mass is 16.4. The van der Waals surface area contributed by atoms with Gasteiger partial charge in [-0.25, -0.2) is 0 Å². The van der Waals surface area contributed by atoms with E-state index in [9.17, 15) is 9.90 Å². The van der Waals surface area contributed by atoms with Crippen molar-refractivity contribution in [2.45, 2.75) is 32.8 Å². The molecule has 6 heteroatoms. The van der Waals surface area contributed by atoms with Crippen LogP contribution >= 0.6 is 0 Å². The van der Waals surface area contributed by atoms with Crippen LogP contribution in [0.15, 0.2) is 5.16 Å². The minimum absolute atomic E-state index is 0.0435. The molecule has 1 aliphatic rings. The summed E-state index contributed by atoms with van der Waals surface area (Å²) in [5.74, 6) is -0.597. The van der Waals surface area contributed by atoms with E-state index < -0.39 is 12.0 Å². The predicted octanol–water partition coefficient (Wildman–Crippen LogP) is -0.0117. The van der Waals surface area contributed by atoms with Crippen molar-refractivity contribution in [3.63, 3.8) is 0 Å². The molecule has 0 spiro atoms. The molecule has 3 atom stereocenters. The van der Waals surface area contributed by atoms with Gasteiger partial charge in [0.1, 0.15) is 0 Å². The molecule has 0 bridgehead atoms. The summed E-state index contributed by atoms with van der Waals surface area (Å²) < 4.78 is 0. The molecule has 0 aromatic heterocycles. The van der Waals surface area contributed by atoms with Crippen molar-refractivity contribution < 1.29 is 15.1 Å². The molecule has 1 aliphatic heterocycles. The number of nitrogens with two attached hydrogens (primary N) is 1. The number of oxime groups is 1. The van der Waals surface area contributed by atoms with Crippen molar-refractivity contribution in [3.8, 4) is 0 Å². The Hall–Kier alpha value is -1.30. The van der Waals surface area contributed by atoms with Crippen LogP contribution in [0.25, 0.3) is 0 Å². The molecule has 3 unspecified atom stereocenters. The molecule has 0 radical (unpaired) electrons. The summed E-state index contributed by atoms with van der Waals surface area (Å²) in [6, 6.07) is 0. The smallest absolute Gasteiger partial charge is 0.233 e. The number of rotatable bonds is 4. The number of nitrogens with zero attached hydrogens (tertiary/aromatic N) is 2. The Bertz CT molecular complexity index is 304. The Kier molecular flexibility index (Phi) is 4.74. The van der Waals surface area contributed by atoms with Crippen LogP contribution in [0.2, 0.25) is 0 Å². The van der Waals surface area contributed by atoms with E-state index in [2.05, 4.69) is 5.16 Å². The fraction of sp³-hybridized carbons (Fsp3) is 0.818. The van der Waals surface area contributed by atoms with Crippen LogP contribution in [0, 0.1) is 11.8 Å². The van der Waals surface area contributed by atoms with Gasteiger partial charge in [0.2, 0.25) is 5.91 Å². The molecule has 1 amide bonds. The van der Waals surface area contributed by atoms with E-state index in [1.807, 2.05) is 6.92 Å². The van der Waals surface area contributed by atoms with Gasteiger partial charge in [0.25, 0.3) is 0 Å². The van der Waals surface area contributed by atoms with Crippen LogP contribution in [0.3, 0.4) is 0 Å². The first-order valence-corrected chi connectivity index (χ1v) is 5.95. The van der Waals surface area contributed by atoms with Crippen molar-refractivity contribution in [2.75, 3.05) is 13.1 Å². The lowest BCUT2D eigenvalue weighted by Gasteiger charge is -2.22. The first kappa shape index (κ1) is 13.8. The Morgan fingerprint density at radius 1 is 1.65 bits per heavy atom. The average Bonchev–Trinajstić information content (AvgIpc) is 2.78. The van der Waals surface area contributed by atoms with Gasteiger partial charge in [-0.05, 0) is 19.8 Å². The molecule has 4 N–H and O–H groups in total. The third kappa shape index (κ3) is 3.09. The second-order valence-corrected chi connectivity index (χ2v) is 4.56. The molecule has 0 aliphatic carbocycles. The first-order chi connectivity index (χ1) is 8.01. The number of hydrogen-bond acceptors (Lipinski definition) is 4. The first-order valence-electron chi connectivity index (χ1n) is 5.95. The number of aliphatic hydroxyl groups is 1. The zero-order valence-corrected chi connectivity index (χ0v) is 10.3. The number of carbonyl (C=O) groups excluding carboxylic acids is 1. The van der Waals surface area contributed by atoms with Crippen LogP contribution in [-0.2, 0) is 4.79 Å². The maximum absolute atomic E-state index is 12.1. The van der Waals surface area contributed by atoms with E-state index in [1.54, 1.807) is 11.8 Å². The molecule has 1 saturated heterocycles. The highest BCUT2D eigenvalue weighted by molar-refractivity contribution is 6.02. The number of carbonyl (C=O) groups is 1. The van der Waals surface area contributed by atoms with Crippen molar-refractivity contribution >= 4 is 11.7 Å². The summed E-state index contributed by atoms with van der Waals surface area (Å²) in [7, 11) is 0. The number of aliphatic hydroxyl groups excluding tert-OH is 1. The zero-order chi connectivity index (χ0) is 13.0. The van der Waals surface area contributed by atoms with E-state index in [0.29, 0.717) is 19.5 Å². The topological polar surface area (TPSA) is 99.2 Å². The van der Waals surface area contributed by atoms with Crippen LogP contribution in [0.4, 0.5) is 0 Å². The number of amidine groups is 1. The van der Waals surface area contributed by atoms with Crippen LogP contribution in [-0.4, -0.2) is 46.1 Å². The third-order valence-corrected chi connectivity index (χ3v) is 3.40. The summed E-state index contributed by atoms with van der Waals surface area (Å²) in [4.78, 5) is 13.8. The molecule has 6 nitrogen and oxygen atoms in total. The summed E-state index contributed by atoms with van der Waals surface area (Å²) in [6.45, 7) is 4.73. The molecule has 98 valence electrons. The van der Waals surface area contributed by atoms with Gasteiger partial charge in [-0.2, -0.15) is 0 Å². The molecule has 0 aromatic rings. The van der Waals surface area contributed by atoms with E-state index in [1.165, 1.54) is 0 Å². The standard InChI is InChI=1S/C11H21N3O3/c1-3-9(10(12)13-17)11(16)14-5-4-8(6-14)7(2)15/h7-9,15,17H,3-6H2,1-2H3,(H2,12,13). The van der Waals surface area contributed by atoms with E-state index >= 15 is 0 Å². The number of amides is 1. The lowest BCUT2D eigenvalue weighted by atomic mass is 10.0. The molecule has 1 rings (SSSR count). The van der Waals surface area contributed by atoms with Gasteiger partial charge in [-0.15, -0.1) is 0 Å². The van der Waals surface area contributed by atoms with Gasteiger partial charge in [-0.3, -0.25) is 4.79 Å². The van der Waals surface area contributed by atoms with E-state index in [-0.39, 0.29) is 17.7 Å². The van der Waals surface area contributed by atoms with Crippen molar-refractivity contribution in [3.05, 3.63) is 0 Å². The fourth-order valence-electron chi connectivity index (χ4n) is 2.18. The lowest BCUT2D eigenvalue weighted by Crippen LogP contribution is -2.41. The monoisotopic (exact) mass is 243 g/mol. The Balaban J connectivity index is 2.65. The molecule has 17 heavy (non-hydrogen) atoms. The Morgan fingerprint density at radius 2 is 2.29 bits per heavy atom. The van der Waals surface area contributed by atoms with Gasteiger partial charge in [0.15, 0.2) is 5.84 Å². The molecule has 1 heterocycles. The van der Waals surface area contributed by atoms with Crippen LogP contribution < -0.4 is 5.73 Å². The highest BCUT2D eigenvalue weighted by Gasteiger charge is 2.33. The zero-order valence-electron chi connectivity index (χ0n) is 10.3. The van der Waals surface area contributed by atoms with Crippen molar-refractivity contribution in [2.24, 2.45) is 22.7 Å². The molecular formula is C11H21N3O3. The van der Waals surface area contributed by atoms with Gasteiger partial charge >= 0.3 is 0 Å². The summed E-state index contributed by atoms with van der Waals surface area (Å²) >= 11 is 0. The molecule has 0 saturated carbocycles. The highest BCUT2D eigenvalue weighted by Crippen LogP contribution is 2.22. The van der Waals surface area contributed by atoms with Crippen LogP contribution in [0.1, 0.15) is 26.7 Å². The second kappa shape index (κ2) is 5.86. The van der Waals surface area contributed by atoms with E-state index in [4.69, 9.17) is 10.9 Å². The predicted molar refractivity (Wildman–Crippen MR) is 63.6 cm³/mol. The SMILES string of the molecule is CCC(C(=O)N1CCC(C(C)O)C1)C(N)=NO. The minimum Gasteiger partial charge on any atom is -0.409 e. The normalized spacial score (nSPS) is 24.8. The molecule has 0 aromatic carbocycles. The van der Waals surface area contributed by atoms with E-state index in [0.717, 1.165) is 6.42 Å². The third-order valence-electron chi connectivity index (χ3n) is 3.40. The maximum Gasteiger partial charge on any atom is 0.233 e. The summed E-state index contributed by atoms with van der Waals surface area (Å²) in [5.41, 5.74) is 5.49. The largest absolute Gasteiger partial charge is 0.409 e. The molecular weight excluding hydrogens is 222 g/mol. The van der Waals surface area contributed by atoms with Crippen molar-refractivity contribution in [1.82, 2.24) is 4.90 Å². The quantitative estimate of drug-likeness (QED) is 0.280. The van der Waals surface area contributed by atoms with Gasteiger partial charge in [0.05, 0.1) is 12.0 Å². The Labute approximate surface area is 101 Å². The lowest BCUT2D eigenvalue weighted by molar-refractivity contribution is -0.132. The Morgan fingerprint density at radius 3 is 2.71 bits per heavy atom. The minimum atomic E-state index is -0.562. The maximum atomic E-state index is 12.1. The van der Waals surface area contributed by atoms with Gasteiger partial charge in [-0.1, -0.05) is 12.1 Å². The summed E-state index contributed by atoms with van der Waals surface area (Å²) in [6.07, 6.45) is 0.900. The van der Waals surface area contributed by atoms with Crippen molar-refractivity contribution in [1.29, 1.82) is 0 Å². The summed E-state index contributed by atoms with van der Waals surface area (Å²) in [5, 5.41) is 21.0. The number of likely N-dealkylation sites (tertiary alicyclic amines) is 1. The van der Waals surface area contributed by atoms with Crippen LogP contribution in [0.5, 0.6) is 0 Å². The van der Waals surface area contributed by atoms with Gasteiger partial charge < -0.3 is 20.9 Å². The van der Waals surface area contributed by atoms with Gasteiger partial charge in [0, 0.05) is 19.0 Å². The molecule has 1 fully saturated rings. The fourth-order valence-corrected chi connectivity index (χ4v) is 2.18. The second-order valence-electron chi connectivity index (χ2n) is 4.56. The number of hydrogen-bond donors (Lipinski definition) is 3.